The van der Waals surface area contributed by atoms with Crippen LogP contribution in [0.15, 0.2) is 36.5 Å². The van der Waals surface area contributed by atoms with Crippen molar-refractivity contribution in [3.05, 3.63) is 36.5 Å². The van der Waals surface area contributed by atoms with Crippen molar-refractivity contribution in [3.8, 4) is 0 Å². The molecule has 0 rings (SSSR count). The van der Waals surface area contributed by atoms with E-state index in [9.17, 15) is 19.4 Å². The summed E-state index contributed by atoms with van der Waals surface area (Å²) < 4.78 is 23.5. The van der Waals surface area contributed by atoms with Crippen LogP contribution in [0, 0.1) is 0 Å². The Morgan fingerprint density at radius 3 is 1.30 bits per heavy atom. The molecule has 0 aliphatic rings. The van der Waals surface area contributed by atoms with Crippen LogP contribution >= 0.6 is 7.82 Å². The minimum absolute atomic E-state index is 0.0544. The maximum atomic E-state index is 12.9. The number of hydrogen-bond acceptors (Lipinski definition) is 5. The molecule has 0 aromatic carbocycles. The predicted octanol–water partition coefficient (Wildman–Crippen LogP) is 15.0. The zero-order valence-electron chi connectivity index (χ0n) is 40.9. The van der Waals surface area contributed by atoms with Crippen molar-refractivity contribution in [2.45, 2.75) is 251 Å². The van der Waals surface area contributed by atoms with Gasteiger partial charge in [-0.3, -0.25) is 13.8 Å². The second-order valence-corrected chi connectivity index (χ2v) is 20.3. The first-order valence-electron chi connectivity index (χ1n) is 25.9. The smallest absolute Gasteiger partial charge is 0.387 e. The van der Waals surface area contributed by atoms with E-state index in [1.54, 1.807) is 6.08 Å². The van der Waals surface area contributed by atoms with E-state index in [2.05, 4.69) is 43.5 Å². The topological polar surface area (TPSA) is 105 Å². The van der Waals surface area contributed by atoms with E-state index >= 15 is 0 Å². The van der Waals surface area contributed by atoms with E-state index in [1.165, 1.54) is 167 Å². The standard InChI is InChI=1S/C52H101N2O6P/c1-6-8-10-12-14-16-18-19-20-21-22-23-24-25-26-27-28-29-30-31-32-33-34-35-36-38-40-42-44-46-52(56)53-50(49-60-61(57,58)59-48-47-54(3,4)5)51(55)45-43-41-39-37-17-15-13-11-9-7-2/h9,11,17,37,43,45,50-51,55H,6-8,10,12-16,18-36,38-42,44,46-49H2,1-5H3,(H-,53,56,57,58)/p+1/b11-9+,37-17+,45-43+. The molecule has 1 amide bonds. The summed E-state index contributed by atoms with van der Waals surface area (Å²) in [6, 6.07) is -0.865. The third-order valence-corrected chi connectivity index (χ3v) is 12.6. The number of aliphatic hydroxyl groups is 1. The number of carbonyl (C=O) groups excluding carboxylic acids is 1. The van der Waals surface area contributed by atoms with Crippen LogP contribution < -0.4 is 5.32 Å². The van der Waals surface area contributed by atoms with Crippen LogP contribution in [0.2, 0.25) is 0 Å². The maximum Gasteiger partial charge on any atom is 0.472 e. The number of amides is 1. The number of carbonyl (C=O) groups is 1. The van der Waals surface area contributed by atoms with Gasteiger partial charge in [-0.15, -0.1) is 0 Å². The number of nitrogens with one attached hydrogen (secondary N) is 1. The van der Waals surface area contributed by atoms with Gasteiger partial charge in [-0.1, -0.05) is 230 Å². The van der Waals surface area contributed by atoms with E-state index in [0.717, 1.165) is 51.4 Å². The third-order valence-electron chi connectivity index (χ3n) is 11.6. The Morgan fingerprint density at radius 1 is 0.557 bits per heavy atom. The number of likely N-dealkylation sites (N-methyl/N-ethyl adjacent to an activating group) is 1. The molecular formula is C52H102N2O6P+. The van der Waals surface area contributed by atoms with Gasteiger partial charge in [0, 0.05) is 6.42 Å². The van der Waals surface area contributed by atoms with Gasteiger partial charge < -0.3 is 19.8 Å². The molecule has 9 heteroatoms. The lowest BCUT2D eigenvalue weighted by Crippen LogP contribution is -2.45. The molecule has 3 atom stereocenters. The highest BCUT2D eigenvalue weighted by atomic mass is 31.2. The number of nitrogens with zero attached hydrogens (tertiary/aromatic N) is 1. The summed E-state index contributed by atoms with van der Waals surface area (Å²) in [4.78, 5) is 23.1. The monoisotopic (exact) mass is 882 g/mol. The molecular weight excluding hydrogens is 780 g/mol. The minimum atomic E-state index is -4.34. The molecule has 3 unspecified atom stereocenters. The number of phosphoric acid groups is 1. The molecule has 61 heavy (non-hydrogen) atoms. The fourth-order valence-corrected chi connectivity index (χ4v) is 8.29. The van der Waals surface area contributed by atoms with Crippen LogP contribution in [-0.4, -0.2) is 73.4 Å². The first kappa shape index (κ1) is 59.7. The second kappa shape index (κ2) is 43.9. The molecule has 0 bridgehead atoms. The molecule has 0 spiro atoms. The van der Waals surface area contributed by atoms with Gasteiger partial charge in [0.05, 0.1) is 39.9 Å². The fourth-order valence-electron chi connectivity index (χ4n) is 7.55. The Morgan fingerprint density at radius 2 is 0.918 bits per heavy atom. The van der Waals surface area contributed by atoms with Gasteiger partial charge in [-0.25, -0.2) is 4.57 Å². The fraction of sp³-hybridized carbons (Fsp3) is 0.865. The minimum Gasteiger partial charge on any atom is -0.387 e. The lowest BCUT2D eigenvalue weighted by atomic mass is 10.0. The highest BCUT2D eigenvalue weighted by Crippen LogP contribution is 2.43. The summed E-state index contributed by atoms with van der Waals surface area (Å²) >= 11 is 0. The molecule has 0 heterocycles. The Hall–Kier alpha value is -1.28. The number of hydrogen-bond donors (Lipinski definition) is 3. The molecule has 0 radical (unpaired) electrons. The zero-order chi connectivity index (χ0) is 45.0. The van der Waals surface area contributed by atoms with Crippen LogP contribution in [0.3, 0.4) is 0 Å². The Labute approximate surface area is 378 Å². The number of allylic oxidation sites excluding steroid dienone is 5. The number of aliphatic hydroxyl groups excluding tert-OH is 1. The number of rotatable bonds is 47. The average Bonchev–Trinajstić information content (AvgIpc) is 3.21. The van der Waals surface area contributed by atoms with Crippen molar-refractivity contribution in [2.75, 3.05) is 40.9 Å². The van der Waals surface area contributed by atoms with Crippen LogP contribution in [0.1, 0.15) is 239 Å². The van der Waals surface area contributed by atoms with Gasteiger partial charge in [-0.2, -0.15) is 0 Å². The van der Waals surface area contributed by atoms with E-state index < -0.39 is 20.0 Å². The molecule has 0 saturated heterocycles. The largest absolute Gasteiger partial charge is 0.472 e. The summed E-state index contributed by atoms with van der Waals surface area (Å²) in [5.74, 6) is -0.190. The summed E-state index contributed by atoms with van der Waals surface area (Å²) in [6.07, 6.45) is 55.6. The molecule has 0 aliphatic heterocycles. The molecule has 0 fully saturated rings. The van der Waals surface area contributed by atoms with Gasteiger partial charge in [-0.05, 0) is 38.5 Å². The van der Waals surface area contributed by atoms with Gasteiger partial charge in [0.25, 0.3) is 0 Å². The van der Waals surface area contributed by atoms with Crippen molar-refractivity contribution in [2.24, 2.45) is 0 Å². The highest BCUT2D eigenvalue weighted by Gasteiger charge is 2.27. The summed E-state index contributed by atoms with van der Waals surface area (Å²) in [5, 5.41) is 13.8. The summed E-state index contributed by atoms with van der Waals surface area (Å²) in [5.41, 5.74) is 0. The highest BCUT2D eigenvalue weighted by molar-refractivity contribution is 7.47. The Kier molecular flexibility index (Phi) is 43.0. The average molecular weight is 882 g/mol. The first-order valence-corrected chi connectivity index (χ1v) is 27.4. The molecule has 0 aromatic heterocycles. The van der Waals surface area contributed by atoms with E-state index in [-0.39, 0.29) is 19.1 Å². The third kappa shape index (κ3) is 46.5. The molecule has 0 aromatic rings. The lowest BCUT2D eigenvalue weighted by Gasteiger charge is -2.25. The van der Waals surface area contributed by atoms with Crippen molar-refractivity contribution >= 4 is 13.7 Å². The van der Waals surface area contributed by atoms with E-state index in [1.807, 2.05) is 27.2 Å². The van der Waals surface area contributed by atoms with Crippen LogP contribution in [0.25, 0.3) is 0 Å². The van der Waals surface area contributed by atoms with Crippen LogP contribution in [-0.2, 0) is 18.4 Å². The van der Waals surface area contributed by atoms with Crippen molar-refractivity contribution in [3.63, 3.8) is 0 Å². The summed E-state index contributed by atoms with van der Waals surface area (Å²) in [6.45, 7) is 4.68. The predicted molar refractivity (Wildman–Crippen MR) is 263 cm³/mol. The quantitative estimate of drug-likeness (QED) is 0.0243. The SMILES string of the molecule is CC/C=C/CC/C=C/CC/C=C/C(O)C(COP(=O)(O)OCC[N+](C)(C)C)NC(=O)CCCCCCCCCCCCCCCCCCCCCCCCCCCCCCC. The van der Waals surface area contributed by atoms with Crippen molar-refractivity contribution in [1.82, 2.24) is 5.32 Å². The number of quaternary nitrogens is 1. The molecule has 8 nitrogen and oxygen atoms in total. The lowest BCUT2D eigenvalue weighted by molar-refractivity contribution is -0.870. The van der Waals surface area contributed by atoms with Crippen molar-refractivity contribution < 1.29 is 32.9 Å². The molecule has 360 valence electrons. The zero-order valence-corrected chi connectivity index (χ0v) is 41.8. The maximum absolute atomic E-state index is 12.9. The molecule has 0 aliphatic carbocycles. The summed E-state index contributed by atoms with van der Waals surface area (Å²) in [7, 11) is 1.55. The van der Waals surface area contributed by atoms with Crippen LogP contribution in [0.5, 0.6) is 0 Å². The molecule has 3 N–H and O–H groups in total. The Balaban J connectivity index is 4.02. The Bertz CT molecular complexity index is 1090. The number of phosphoric ester groups is 1. The van der Waals surface area contributed by atoms with Gasteiger partial charge in [0.15, 0.2) is 0 Å². The van der Waals surface area contributed by atoms with Gasteiger partial charge in [0.2, 0.25) is 5.91 Å². The van der Waals surface area contributed by atoms with Gasteiger partial charge in [0.1, 0.15) is 13.2 Å². The van der Waals surface area contributed by atoms with Crippen molar-refractivity contribution in [1.29, 1.82) is 0 Å². The normalized spacial score (nSPS) is 14.4. The van der Waals surface area contributed by atoms with Crippen LogP contribution in [0.4, 0.5) is 0 Å². The van der Waals surface area contributed by atoms with Gasteiger partial charge >= 0.3 is 7.82 Å². The first-order chi connectivity index (χ1) is 29.5. The number of unbranched alkanes of at least 4 members (excludes halogenated alkanes) is 30. The van der Waals surface area contributed by atoms with E-state index in [0.29, 0.717) is 17.4 Å². The van der Waals surface area contributed by atoms with E-state index in [4.69, 9.17) is 9.05 Å². The molecule has 0 saturated carbocycles. The second-order valence-electron chi connectivity index (χ2n) is 18.9.